The van der Waals surface area contributed by atoms with Crippen molar-refractivity contribution in [3.63, 3.8) is 0 Å². The lowest BCUT2D eigenvalue weighted by Crippen LogP contribution is -2.33. The van der Waals surface area contributed by atoms with Crippen LogP contribution in [0.15, 0.2) is 18.2 Å². The highest BCUT2D eigenvalue weighted by Gasteiger charge is 2.29. The quantitative estimate of drug-likeness (QED) is 0.832. The predicted octanol–water partition coefficient (Wildman–Crippen LogP) is 1.65. The molecule has 1 atom stereocenters. The summed E-state index contributed by atoms with van der Waals surface area (Å²) in [7, 11) is 0. The molecule has 1 aromatic heterocycles. The zero-order chi connectivity index (χ0) is 13.8. The normalized spacial score (nSPS) is 19.3. The first-order chi connectivity index (χ1) is 9.11. The summed E-state index contributed by atoms with van der Waals surface area (Å²) >= 11 is 1.17. The van der Waals surface area contributed by atoms with Crippen LogP contribution >= 0.6 is 11.3 Å². The van der Waals surface area contributed by atoms with Crippen molar-refractivity contribution in [3.05, 3.63) is 28.0 Å². The van der Waals surface area contributed by atoms with Crippen LogP contribution in [0.4, 0.5) is 0 Å². The molecule has 1 N–H and O–H groups in total. The van der Waals surface area contributed by atoms with E-state index in [0.29, 0.717) is 19.4 Å². The summed E-state index contributed by atoms with van der Waals surface area (Å²) in [6, 6.07) is 2.94. The third-order valence-electron chi connectivity index (χ3n) is 2.95. The fourth-order valence-corrected chi connectivity index (χ4v) is 2.75. The molecule has 1 unspecified atom stereocenters. The van der Waals surface area contributed by atoms with Crippen molar-refractivity contribution in [2.75, 3.05) is 6.54 Å². The van der Waals surface area contributed by atoms with Gasteiger partial charge in [-0.05, 0) is 24.6 Å². The van der Waals surface area contributed by atoms with Gasteiger partial charge in [0, 0.05) is 17.8 Å². The van der Waals surface area contributed by atoms with Crippen LogP contribution in [0.1, 0.15) is 27.4 Å². The smallest absolute Gasteiger partial charge is 0.345 e. The van der Waals surface area contributed by atoms with Crippen molar-refractivity contribution < 1.29 is 19.5 Å². The van der Waals surface area contributed by atoms with E-state index in [9.17, 15) is 14.4 Å². The molecule has 2 rings (SSSR count). The van der Waals surface area contributed by atoms with Gasteiger partial charge < -0.3 is 14.8 Å². The molecule has 1 aliphatic heterocycles. The molecule has 1 amide bonds. The van der Waals surface area contributed by atoms with Crippen LogP contribution in [0.25, 0.3) is 6.08 Å². The summed E-state index contributed by atoms with van der Waals surface area (Å²) in [5.41, 5.74) is 0. The highest BCUT2D eigenvalue weighted by Crippen LogP contribution is 2.19. The Kier molecular flexibility index (Phi) is 4.11. The minimum Gasteiger partial charge on any atom is -0.477 e. The number of hydrogen-bond donors (Lipinski definition) is 1. The van der Waals surface area contributed by atoms with E-state index in [-0.39, 0.29) is 16.8 Å². The number of rotatable bonds is 5. The lowest BCUT2D eigenvalue weighted by molar-refractivity contribution is -0.130. The summed E-state index contributed by atoms with van der Waals surface area (Å²) in [4.78, 5) is 35.7. The third-order valence-corrected chi connectivity index (χ3v) is 3.99. The van der Waals surface area contributed by atoms with E-state index in [2.05, 4.69) is 0 Å². The summed E-state index contributed by atoms with van der Waals surface area (Å²) < 4.78 is 0. The second-order valence-corrected chi connectivity index (χ2v) is 5.31. The van der Waals surface area contributed by atoms with E-state index in [0.717, 1.165) is 11.2 Å². The first kappa shape index (κ1) is 13.5. The van der Waals surface area contributed by atoms with E-state index in [1.54, 1.807) is 24.3 Å². The molecule has 5 nitrogen and oxygen atoms in total. The van der Waals surface area contributed by atoms with Crippen LogP contribution < -0.4 is 0 Å². The van der Waals surface area contributed by atoms with Crippen LogP contribution in [-0.2, 0) is 9.59 Å². The van der Waals surface area contributed by atoms with Crippen LogP contribution in [0, 0.1) is 0 Å². The van der Waals surface area contributed by atoms with Crippen LogP contribution in [0.3, 0.4) is 0 Å². The fourth-order valence-electron chi connectivity index (χ4n) is 1.97. The zero-order valence-corrected chi connectivity index (χ0v) is 10.9. The molecule has 1 aromatic rings. The van der Waals surface area contributed by atoms with Crippen molar-refractivity contribution >= 4 is 35.6 Å². The van der Waals surface area contributed by atoms with Gasteiger partial charge in [0.15, 0.2) is 0 Å². The van der Waals surface area contributed by atoms with Gasteiger partial charge in [-0.1, -0.05) is 6.08 Å². The van der Waals surface area contributed by atoms with Crippen molar-refractivity contribution in [2.45, 2.75) is 18.9 Å². The average molecular weight is 279 g/mol. The second kappa shape index (κ2) is 5.79. The van der Waals surface area contributed by atoms with Gasteiger partial charge in [0.2, 0.25) is 5.91 Å². The molecular formula is C13H13NO4S. The van der Waals surface area contributed by atoms with Crippen LogP contribution in [0.2, 0.25) is 0 Å². The molecule has 2 heterocycles. The molecule has 0 spiro atoms. The highest BCUT2D eigenvalue weighted by molar-refractivity contribution is 7.14. The molecule has 0 bridgehead atoms. The lowest BCUT2D eigenvalue weighted by Gasteiger charge is -2.18. The third kappa shape index (κ3) is 3.08. The Bertz CT molecular complexity index is 535. The topological polar surface area (TPSA) is 74.7 Å². The van der Waals surface area contributed by atoms with Gasteiger partial charge >= 0.3 is 5.97 Å². The molecule has 0 aromatic carbocycles. The number of hydrogen-bond acceptors (Lipinski definition) is 4. The van der Waals surface area contributed by atoms with E-state index in [1.165, 1.54) is 16.2 Å². The highest BCUT2D eigenvalue weighted by atomic mass is 32.1. The van der Waals surface area contributed by atoms with Gasteiger partial charge in [-0.25, -0.2) is 4.79 Å². The summed E-state index contributed by atoms with van der Waals surface area (Å²) in [6.07, 6.45) is 5.34. The Balaban J connectivity index is 1.97. The number of carboxylic acid groups (broad SMARTS) is 1. The van der Waals surface area contributed by atoms with Crippen LogP contribution in [-0.4, -0.2) is 40.8 Å². The fraction of sp³-hybridized carbons (Fsp3) is 0.308. The maximum Gasteiger partial charge on any atom is 0.345 e. The molecular weight excluding hydrogens is 266 g/mol. The van der Waals surface area contributed by atoms with Gasteiger partial charge in [0.05, 0.1) is 6.04 Å². The minimum atomic E-state index is -0.944. The molecule has 6 heteroatoms. The van der Waals surface area contributed by atoms with E-state index in [4.69, 9.17) is 5.11 Å². The standard InChI is InChI=1S/C13H13NO4S/c15-8-9-3-6-12(16)14(9)7-1-2-10-4-5-11(19-10)13(17)18/h1-2,4-5,8-9H,3,6-7H2,(H,17,18)/b2-1+. The first-order valence-corrected chi connectivity index (χ1v) is 6.68. The van der Waals surface area contributed by atoms with E-state index in [1.807, 2.05) is 0 Å². The zero-order valence-electron chi connectivity index (χ0n) is 10.1. The average Bonchev–Trinajstić information content (AvgIpc) is 2.98. The minimum absolute atomic E-state index is 0.0147. The number of carbonyl (C=O) groups is 3. The molecule has 0 radical (unpaired) electrons. The Morgan fingerprint density at radius 2 is 2.32 bits per heavy atom. The van der Waals surface area contributed by atoms with Crippen molar-refractivity contribution in [1.82, 2.24) is 4.90 Å². The van der Waals surface area contributed by atoms with Gasteiger partial charge in [0.25, 0.3) is 0 Å². The molecule has 19 heavy (non-hydrogen) atoms. The van der Waals surface area contributed by atoms with Crippen LogP contribution in [0.5, 0.6) is 0 Å². The molecule has 1 saturated heterocycles. The summed E-state index contributed by atoms with van der Waals surface area (Å²) in [5.74, 6) is -0.959. The molecule has 1 aliphatic rings. The Labute approximate surface area is 114 Å². The molecule has 0 aliphatic carbocycles. The Morgan fingerprint density at radius 3 is 2.95 bits per heavy atom. The Hall–Kier alpha value is -1.95. The van der Waals surface area contributed by atoms with Crippen molar-refractivity contribution in [3.8, 4) is 0 Å². The number of carbonyl (C=O) groups excluding carboxylic acids is 2. The van der Waals surface area contributed by atoms with Gasteiger partial charge in [-0.2, -0.15) is 0 Å². The lowest BCUT2D eigenvalue weighted by atomic mass is 10.2. The van der Waals surface area contributed by atoms with Gasteiger partial charge in [-0.3, -0.25) is 4.79 Å². The molecule has 0 saturated carbocycles. The van der Waals surface area contributed by atoms with E-state index >= 15 is 0 Å². The predicted molar refractivity (Wildman–Crippen MR) is 71.1 cm³/mol. The maximum atomic E-state index is 11.5. The summed E-state index contributed by atoms with van der Waals surface area (Å²) in [5, 5.41) is 8.79. The number of amides is 1. The number of thiophene rings is 1. The van der Waals surface area contributed by atoms with Crippen molar-refractivity contribution in [1.29, 1.82) is 0 Å². The first-order valence-electron chi connectivity index (χ1n) is 5.86. The van der Waals surface area contributed by atoms with Gasteiger partial charge in [-0.15, -0.1) is 11.3 Å². The number of nitrogens with zero attached hydrogens (tertiary/aromatic N) is 1. The number of likely N-dealkylation sites (tertiary alicyclic amines) is 1. The maximum absolute atomic E-state index is 11.5. The Morgan fingerprint density at radius 1 is 1.53 bits per heavy atom. The van der Waals surface area contributed by atoms with E-state index < -0.39 is 5.97 Å². The van der Waals surface area contributed by atoms with Crippen molar-refractivity contribution in [2.24, 2.45) is 0 Å². The summed E-state index contributed by atoms with van der Waals surface area (Å²) in [6.45, 7) is 0.378. The second-order valence-electron chi connectivity index (χ2n) is 4.20. The van der Waals surface area contributed by atoms with Gasteiger partial charge in [0.1, 0.15) is 11.2 Å². The monoisotopic (exact) mass is 279 g/mol. The number of aromatic carboxylic acids is 1. The number of aldehydes is 1. The largest absolute Gasteiger partial charge is 0.477 e. The molecule has 1 fully saturated rings. The molecule has 100 valence electrons. The SMILES string of the molecule is O=CC1CCC(=O)N1C/C=C/c1ccc(C(=O)O)s1. The number of carboxylic acids is 1.